The van der Waals surface area contributed by atoms with Gasteiger partial charge in [0.05, 0.1) is 6.61 Å². The van der Waals surface area contributed by atoms with E-state index in [0.29, 0.717) is 0 Å². The number of amides is 1. The van der Waals surface area contributed by atoms with E-state index in [1.54, 1.807) is 19.0 Å². The lowest BCUT2D eigenvalue weighted by Crippen LogP contribution is -2.31. The van der Waals surface area contributed by atoms with Gasteiger partial charge in [-0.2, -0.15) is 0 Å². The number of Topliss-reactive ketones (excluding diaryl/α,β-unsaturated/α-hetero) is 1. The van der Waals surface area contributed by atoms with Crippen molar-refractivity contribution in [3.05, 3.63) is 83.1 Å². The van der Waals surface area contributed by atoms with Gasteiger partial charge in [0.15, 0.2) is 5.78 Å². The topological polar surface area (TPSA) is 58.6 Å². The summed E-state index contributed by atoms with van der Waals surface area (Å²) in [6, 6.07) is 12.4. The fraction of sp³-hybridized carbons (Fsp3) is 0.304. The van der Waals surface area contributed by atoms with Crippen LogP contribution in [-0.4, -0.2) is 37.3 Å². The molecule has 2 aromatic rings. The Balaban J connectivity index is 0.00000218. The largest absolute Gasteiger partial charge is 0.383 e. The molecule has 2 aromatic carbocycles. The number of carbonyl (C=O) groups is 2. The summed E-state index contributed by atoms with van der Waals surface area (Å²) in [6.45, 7) is 3.80. The van der Waals surface area contributed by atoms with Crippen LogP contribution in [0.1, 0.15) is 25.0 Å². The quantitative estimate of drug-likeness (QED) is 0.382. The predicted octanol–water partition coefficient (Wildman–Crippen LogP) is 3.84. The highest BCUT2D eigenvalue weighted by atomic mass is 19.1. The average Bonchev–Trinajstić information content (AvgIpc) is 2.73. The van der Waals surface area contributed by atoms with Crippen LogP contribution in [0, 0.1) is 11.6 Å². The molecule has 2 rings (SSSR count). The third kappa shape index (κ3) is 8.53. The van der Waals surface area contributed by atoms with E-state index in [1.165, 1.54) is 12.3 Å². The Morgan fingerprint density at radius 2 is 1.73 bits per heavy atom. The van der Waals surface area contributed by atoms with Crippen LogP contribution in [0.25, 0.3) is 0 Å². The second-order valence-corrected chi connectivity index (χ2v) is 6.33. The summed E-state index contributed by atoms with van der Waals surface area (Å²) in [5.41, 5.74) is 0.914. The molecule has 0 saturated carbocycles. The predicted molar refractivity (Wildman–Crippen MR) is 112 cm³/mol. The third-order valence-electron chi connectivity index (χ3n) is 3.73. The first-order valence-corrected chi connectivity index (χ1v) is 9.62. The zero-order valence-corrected chi connectivity index (χ0v) is 17.7. The molecule has 0 aromatic heterocycles. The summed E-state index contributed by atoms with van der Waals surface area (Å²) in [7, 11) is 3.34. The number of benzene rings is 2. The molecule has 0 aliphatic heterocycles. The first kappa shape index (κ1) is 25.0. The molecule has 30 heavy (non-hydrogen) atoms. The Labute approximate surface area is 176 Å². The molecule has 5 nitrogen and oxygen atoms in total. The molecule has 0 aliphatic carbocycles. The minimum atomic E-state index is -0.768. The molecule has 0 atom stereocenters. The average molecular weight is 418 g/mol. The molecular weight excluding hydrogens is 390 g/mol. The first-order chi connectivity index (χ1) is 14.4. The van der Waals surface area contributed by atoms with Gasteiger partial charge < -0.3 is 15.0 Å². The van der Waals surface area contributed by atoms with Gasteiger partial charge in [0.25, 0.3) is 5.91 Å². The maximum atomic E-state index is 13.7. The normalized spacial score (nSPS) is 10.7. The Hall–Kier alpha value is -3.06. The van der Waals surface area contributed by atoms with Gasteiger partial charge in [0, 0.05) is 38.5 Å². The lowest BCUT2D eigenvalue weighted by atomic mass is 10.1. The smallest absolute Gasteiger partial charge is 0.256 e. The summed E-state index contributed by atoms with van der Waals surface area (Å²) in [5, 5.41) is 2.48. The molecule has 0 aliphatic rings. The lowest BCUT2D eigenvalue weighted by Gasteiger charge is -2.12. The molecular formula is C23H28F2N2O3. The summed E-state index contributed by atoms with van der Waals surface area (Å²) < 4.78 is 32.1. The van der Waals surface area contributed by atoms with Crippen LogP contribution in [0.15, 0.2) is 60.3 Å². The Morgan fingerprint density at radius 1 is 1.07 bits per heavy atom. The number of carbonyl (C=O) groups excluding carboxylic acids is 2. The van der Waals surface area contributed by atoms with E-state index >= 15 is 0 Å². The minimum Gasteiger partial charge on any atom is -0.383 e. The number of halogens is 2. The lowest BCUT2D eigenvalue weighted by molar-refractivity contribution is -0.125. The van der Waals surface area contributed by atoms with Gasteiger partial charge in [0.1, 0.15) is 23.8 Å². The van der Waals surface area contributed by atoms with E-state index in [2.05, 4.69) is 5.32 Å². The fourth-order valence-corrected chi connectivity index (χ4v) is 2.36. The summed E-state index contributed by atoms with van der Waals surface area (Å²) >= 11 is 0. The van der Waals surface area contributed by atoms with Crippen LogP contribution in [0.2, 0.25) is 0 Å². The van der Waals surface area contributed by atoms with Gasteiger partial charge in [-0.1, -0.05) is 50.2 Å². The number of ether oxygens (including phenoxy) is 1. The van der Waals surface area contributed by atoms with Crippen molar-refractivity contribution in [3.63, 3.8) is 0 Å². The van der Waals surface area contributed by atoms with E-state index in [0.717, 1.165) is 17.7 Å². The maximum absolute atomic E-state index is 13.7. The zero-order valence-electron chi connectivity index (χ0n) is 17.7. The number of rotatable bonds is 9. The molecule has 0 saturated heterocycles. The monoisotopic (exact) mass is 418 g/mol. The van der Waals surface area contributed by atoms with Crippen LogP contribution in [0.5, 0.6) is 0 Å². The highest BCUT2D eigenvalue weighted by Crippen LogP contribution is 2.10. The van der Waals surface area contributed by atoms with E-state index in [4.69, 9.17) is 4.74 Å². The van der Waals surface area contributed by atoms with Crippen molar-refractivity contribution in [2.75, 3.05) is 20.7 Å². The zero-order chi connectivity index (χ0) is 22.5. The Kier molecular flexibility index (Phi) is 11.0. The second-order valence-electron chi connectivity index (χ2n) is 6.33. The molecule has 0 heterocycles. The standard InChI is InChI=1S/C21H22F2N2O3.C2H6/c1-25(2)12-18(20(26)14-28-13-15-6-4-3-5-7-15)21(27)24-11-16-8-9-17(22)10-19(16)23;1-2/h3-10,12H,11,13-14H2,1-2H3,(H,24,27);1-2H3/b18-12+;. The number of hydrogen-bond acceptors (Lipinski definition) is 4. The molecule has 0 spiro atoms. The van der Waals surface area contributed by atoms with Crippen LogP contribution in [-0.2, 0) is 27.5 Å². The maximum Gasteiger partial charge on any atom is 0.256 e. The van der Waals surface area contributed by atoms with Crippen molar-refractivity contribution in [2.24, 2.45) is 0 Å². The minimum absolute atomic E-state index is 0.111. The first-order valence-electron chi connectivity index (χ1n) is 9.62. The molecule has 0 unspecified atom stereocenters. The van der Waals surface area contributed by atoms with Crippen molar-refractivity contribution >= 4 is 11.7 Å². The van der Waals surface area contributed by atoms with E-state index < -0.39 is 23.3 Å². The number of nitrogens with one attached hydrogen (secondary N) is 1. The Bertz CT molecular complexity index is 853. The fourth-order valence-electron chi connectivity index (χ4n) is 2.36. The van der Waals surface area contributed by atoms with Crippen LogP contribution in [0.3, 0.4) is 0 Å². The van der Waals surface area contributed by atoms with Crippen molar-refractivity contribution in [1.82, 2.24) is 10.2 Å². The highest BCUT2D eigenvalue weighted by molar-refractivity contribution is 6.19. The van der Waals surface area contributed by atoms with E-state index in [9.17, 15) is 18.4 Å². The van der Waals surface area contributed by atoms with Gasteiger partial charge >= 0.3 is 0 Å². The van der Waals surface area contributed by atoms with Gasteiger partial charge in [0.2, 0.25) is 0 Å². The van der Waals surface area contributed by atoms with E-state index in [1.807, 2.05) is 44.2 Å². The van der Waals surface area contributed by atoms with Gasteiger partial charge in [-0.3, -0.25) is 9.59 Å². The van der Waals surface area contributed by atoms with Crippen molar-refractivity contribution in [3.8, 4) is 0 Å². The Morgan fingerprint density at radius 3 is 2.33 bits per heavy atom. The molecule has 1 amide bonds. The molecule has 7 heteroatoms. The van der Waals surface area contributed by atoms with Gasteiger partial charge in [-0.05, 0) is 11.6 Å². The van der Waals surface area contributed by atoms with Crippen LogP contribution in [0.4, 0.5) is 8.78 Å². The summed E-state index contributed by atoms with van der Waals surface area (Å²) in [6.07, 6.45) is 1.38. The van der Waals surface area contributed by atoms with Crippen LogP contribution < -0.4 is 5.32 Å². The van der Waals surface area contributed by atoms with Gasteiger partial charge in [-0.15, -0.1) is 0 Å². The van der Waals surface area contributed by atoms with Gasteiger partial charge in [-0.25, -0.2) is 8.78 Å². The molecule has 0 radical (unpaired) electrons. The summed E-state index contributed by atoms with van der Waals surface area (Å²) in [5.74, 6) is -2.63. The van der Waals surface area contributed by atoms with Crippen molar-refractivity contribution in [2.45, 2.75) is 27.0 Å². The number of hydrogen-bond donors (Lipinski definition) is 1. The molecule has 162 valence electrons. The van der Waals surface area contributed by atoms with Crippen molar-refractivity contribution in [1.29, 1.82) is 0 Å². The third-order valence-corrected chi connectivity index (χ3v) is 3.73. The second kappa shape index (κ2) is 13.2. The van der Waals surface area contributed by atoms with E-state index in [-0.39, 0.29) is 30.9 Å². The summed E-state index contributed by atoms with van der Waals surface area (Å²) in [4.78, 5) is 26.4. The molecule has 0 bridgehead atoms. The molecule has 0 fully saturated rings. The van der Waals surface area contributed by atoms with Crippen LogP contribution >= 0.6 is 0 Å². The van der Waals surface area contributed by atoms with Crippen molar-refractivity contribution < 1.29 is 23.1 Å². The molecule has 1 N–H and O–H groups in total. The highest BCUT2D eigenvalue weighted by Gasteiger charge is 2.19. The number of ketones is 1. The number of nitrogens with zero attached hydrogens (tertiary/aromatic N) is 1. The SMILES string of the molecule is CC.CN(C)/C=C(\C(=O)COCc1ccccc1)C(=O)NCc1ccc(F)cc1F.